The molecule has 0 aliphatic carbocycles. The van der Waals surface area contributed by atoms with Crippen LogP contribution in [0, 0.1) is 11.6 Å². The number of para-hydroxylation sites is 1. The molecule has 104 valence electrons. The maximum absolute atomic E-state index is 13.6. The number of carboxylic acid groups (broad SMARTS) is 1. The molecule has 0 aliphatic heterocycles. The Morgan fingerprint density at radius 2 is 2.00 bits per heavy atom. The standard InChI is InChI=1S/C14H9BrF2O3/c15-9-4-8(5-10(16)6-9)7-20-13-11(14(18)19)2-1-3-12(13)17/h1-6H,7H2,(H,18,19). The van der Waals surface area contributed by atoms with Crippen molar-refractivity contribution in [1.29, 1.82) is 0 Å². The van der Waals surface area contributed by atoms with Crippen LogP contribution in [-0.2, 0) is 6.61 Å². The third-order valence-corrected chi connectivity index (χ3v) is 2.96. The molecule has 2 aromatic carbocycles. The predicted octanol–water partition coefficient (Wildman–Crippen LogP) is 4.00. The highest BCUT2D eigenvalue weighted by atomic mass is 79.9. The molecule has 6 heteroatoms. The fraction of sp³-hybridized carbons (Fsp3) is 0.0714. The van der Waals surface area contributed by atoms with E-state index in [9.17, 15) is 13.6 Å². The fourth-order valence-corrected chi connectivity index (χ4v) is 2.19. The van der Waals surface area contributed by atoms with Gasteiger partial charge in [0.25, 0.3) is 0 Å². The Hall–Kier alpha value is -1.95. The second kappa shape index (κ2) is 6.00. The summed E-state index contributed by atoms with van der Waals surface area (Å²) < 4.78 is 32.5. The van der Waals surface area contributed by atoms with E-state index in [1.54, 1.807) is 6.07 Å². The number of hydrogen-bond acceptors (Lipinski definition) is 2. The SMILES string of the molecule is O=C(O)c1cccc(F)c1OCc1cc(F)cc(Br)c1. The lowest BCUT2D eigenvalue weighted by atomic mass is 10.2. The van der Waals surface area contributed by atoms with Gasteiger partial charge in [-0.3, -0.25) is 0 Å². The summed E-state index contributed by atoms with van der Waals surface area (Å²) in [5, 5.41) is 8.96. The van der Waals surface area contributed by atoms with Crippen LogP contribution in [0.2, 0.25) is 0 Å². The molecule has 0 aliphatic rings. The van der Waals surface area contributed by atoms with Crippen molar-refractivity contribution in [2.75, 3.05) is 0 Å². The van der Waals surface area contributed by atoms with Gasteiger partial charge in [0.1, 0.15) is 18.0 Å². The average Bonchev–Trinajstić information content (AvgIpc) is 2.35. The Kier molecular flexibility index (Phi) is 4.34. The van der Waals surface area contributed by atoms with Gasteiger partial charge in [-0.25, -0.2) is 13.6 Å². The zero-order chi connectivity index (χ0) is 14.7. The van der Waals surface area contributed by atoms with E-state index in [1.165, 1.54) is 24.3 Å². The van der Waals surface area contributed by atoms with Crippen LogP contribution in [0.15, 0.2) is 40.9 Å². The topological polar surface area (TPSA) is 46.5 Å². The smallest absolute Gasteiger partial charge is 0.339 e. The van der Waals surface area contributed by atoms with E-state index >= 15 is 0 Å². The molecule has 0 spiro atoms. The zero-order valence-electron chi connectivity index (χ0n) is 10.1. The van der Waals surface area contributed by atoms with Gasteiger partial charge >= 0.3 is 5.97 Å². The van der Waals surface area contributed by atoms with Gasteiger partial charge in [0.05, 0.1) is 0 Å². The van der Waals surface area contributed by atoms with Crippen LogP contribution in [-0.4, -0.2) is 11.1 Å². The first-order chi connectivity index (χ1) is 9.47. The molecule has 0 radical (unpaired) electrons. The molecule has 2 aromatic rings. The first kappa shape index (κ1) is 14.5. The van der Waals surface area contributed by atoms with E-state index in [2.05, 4.69) is 15.9 Å². The Morgan fingerprint density at radius 3 is 2.65 bits per heavy atom. The van der Waals surface area contributed by atoms with Gasteiger partial charge in [0.15, 0.2) is 11.6 Å². The molecule has 0 amide bonds. The third kappa shape index (κ3) is 3.33. The maximum atomic E-state index is 13.6. The van der Waals surface area contributed by atoms with E-state index in [0.29, 0.717) is 10.0 Å². The summed E-state index contributed by atoms with van der Waals surface area (Å²) in [6.45, 7) is -0.141. The molecule has 0 aromatic heterocycles. The highest BCUT2D eigenvalue weighted by Gasteiger charge is 2.15. The van der Waals surface area contributed by atoms with Crippen molar-refractivity contribution >= 4 is 21.9 Å². The molecule has 1 N–H and O–H groups in total. The van der Waals surface area contributed by atoms with Crippen LogP contribution >= 0.6 is 15.9 Å². The Bertz CT molecular complexity index is 639. The first-order valence-corrected chi connectivity index (χ1v) is 6.36. The number of halogens is 3. The van der Waals surface area contributed by atoms with E-state index in [1.807, 2.05) is 0 Å². The van der Waals surface area contributed by atoms with E-state index in [-0.39, 0.29) is 17.9 Å². The van der Waals surface area contributed by atoms with Crippen LogP contribution in [0.5, 0.6) is 5.75 Å². The predicted molar refractivity (Wildman–Crippen MR) is 71.8 cm³/mol. The van der Waals surface area contributed by atoms with Crippen molar-refractivity contribution in [2.24, 2.45) is 0 Å². The molecule has 0 heterocycles. The molecule has 0 fully saturated rings. The monoisotopic (exact) mass is 342 g/mol. The lowest BCUT2D eigenvalue weighted by molar-refractivity contribution is 0.0690. The maximum Gasteiger partial charge on any atom is 0.339 e. The molecule has 0 bridgehead atoms. The molecule has 0 saturated heterocycles. The van der Waals surface area contributed by atoms with Crippen LogP contribution in [0.4, 0.5) is 8.78 Å². The molecule has 0 saturated carbocycles. The molecule has 20 heavy (non-hydrogen) atoms. The summed E-state index contributed by atoms with van der Waals surface area (Å²) in [5.41, 5.74) is 0.178. The van der Waals surface area contributed by atoms with E-state index in [0.717, 1.165) is 6.07 Å². The number of hydrogen-bond donors (Lipinski definition) is 1. The summed E-state index contributed by atoms with van der Waals surface area (Å²) in [7, 11) is 0. The molecular weight excluding hydrogens is 334 g/mol. The van der Waals surface area contributed by atoms with Gasteiger partial charge in [-0.15, -0.1) is 0 Å². The summed E-state index contributed by atoms with van der Waals surface area (Å²) >= 11 is 3.13. The van der Waals surface area contributed by atoms with Crippen molar-refractivity contribution < 1.29 is 23.4 Å². The normalized spacial score (nSPS) is 10.3. The number of ether oxygens (including phenoxy) is 1. The highest BCUT2D eigenvalue weighted by molar-refractivity contribution is 9.10. The van der Waals surface area contributed by atoms with Gasteiger partial charge in [0.2, 0.25) is 0 Å². The van der Waals surface area contributed by atoms with Crippen LogP contribution in [0.1, 0.15) is 15.9 Å². The third-order valence-electron chi connectivity index (χ3n) is 2.50. The van der Waals surface area contributed by atoms with Crippen molar-refractivity contribution in [2.45, 2.75) is 6.61 Å². The van der Waals surface area contributed by atoms with Crippen molar-refractivity contribution in [3.8, 4) is 5.75 Å². The number of aromatic carboxylic acids is 1. The summed E-state index contributed by atoms with van der Waals surface area (Å²) in [6, 6.07) is 7.72. The van der Waals surface area contributed by atoms with Crippen LogP contribution in [0.3, 0.4) is 0 Å². The van der Waals surface area contributed by atoms with E-state index < -0.39 is 17.6 Å². The van der Waals surface area contributed by atoms with Crippen molar-refractivity contribution in [1.82, 2.24) is 0 Å². The minimum atomic E-state index is -1.29. The lowest BCUT2D eigenvalue weighted by Crippen LogP contribution is -2.05. The largest absolute Gasteiger partial charge is 0.485 e. The van der Waals surface area contributed by atoms with Crippen LogP contribution < -0.4 is 4.74 Å². The molecule has 0 atom stereocenters. The Labute approximate surface area is 121 Å². The number of carboxylic acids is 1. The summed E-state index contributed by atoms with van der Waals surface area (Å²) in [4.78, 5) is 11.0. The Balaban J connectivity index is 2.25. The molecule has 0 unspecified atom stereocenters. The Morgan fingerprint density at radius 1 is 1.25 bits per heavy atom. The second-order valence-corrected chi connectivity index (χ2v) is 4.90. The highest BCUT2D eigenvalue weighted by Crippen LogP contribution is 2.24. The molecular formula is C14H9BrF2O3. The van der Waals surface area contributed by atoms with Crippen molar-refractivity contribution in [3.05, 3.63) is 63.6 Å². The minimum absolute atomic E-state index is 0.141. The second-order valence-electron chi connectivity index (χ2n) is 3.99. The fourth-order valence-electron chi connectivity index (χ4n) is 1.67. The number of carbonyl (C=O) groups is 1. The van der Waals surface area contributed by atoms with Crippen LogP contribution in [0.25, 0.3) is 0 Å². The van der Waals surface area contributed by atoms with Gasteiger partial charge in [0, 0.05) is 4.47 Å². The summed E-state index contributed by atoms with van der Waals surface area (Å²) in [6.07, 6.45) is 0. The summed E-state index contributed by atoms with van der Waals surface area (Å²) in [5.74, 6) is -2.90. The first-order valence-electron chi connectivity index (χ1n) is 5.57. The van der Waals surface area contributed by atoms with Gasteiger partial charge < -0.3 is 9.84 Å². The zero-order valence-corrected chi connectivity index (χ0v) is 11.7. The van der Waals surface area contributed by atoms with Gasteiger partial charge in [-0.05, 0) is 35.9 Å². The van der Waals surface area contributed by atoms with Gasteiger partial charge in [-0.1, -0.05) is 22.0 Å². The lowest BCUT2D eigenvalue weighted by Gasteiger charge is -2.10. The number of benzene rings is 2. The van der Waals surface area contributed by atoms with Gasteiger partial charge in [-0.2, -0.15) is 0 Å². The molecule has 3 nitrogen and oxygen atoms in total. The van der Waals surface area contributed by atoms with Crippen molar-refractivity contribution in [3.63, 3.8) is 0 Å². The van der Waals surface area contributed by atoms with E-state index in [4.69, 9.17) is 9.84 Å². The average molecular weight is 343 g/mol. The minimum Gasteiger partial charge on any atom is -0.485 e. The quantitative estimate of drug-likeness (QED) is 0.913. The molecule has 2 rings (SSSR count). The number of rotatable bonds is 4.